The standard InChI is InChI=1S/C15H33NO2/c1-2-3-4-5-6-7-8-9-12-16-14-15(18)11-10-13-17/h15-18H,2-14H2,1H3. The molecule has 0 aromatic heterocycles. The lowest BCUT2D eigenvalue weighted by Crippen LogP contribution is -2.27. The molecule has 0 aliphatic rings. The Morgan fingerprint density at radius 2 is 1.50 bits per heavy atom. The van der Waals surface area contributed by atoms with Crippen LogP contribution in [0, 0.1) is 0 Å². The van der Waals surface area contributed by atoms with Crippen LogP contribution in [0.4, 0.5) is 0 Å². The first-order chi connectivity index (χ1) is 8.81. The molecule has 0 amide bonds. The Kier molecular flexibility index (Phi) is 14.8. The zero-order chi connectivity index (χ0) is 13.5. The maximum absolute atomic E-state index is 9.53. The molecule has 3 N–H and O–H groups in total. The lowest BCUT2D eigenvalue weighted by molar-refractivity contribution is 0.147. The number of hydrogen-bond acceptors (Lipinski definition) is 3. The SMILES string of the molecule is CCCCCCCCCCNCC(O)CCCO. The molecule has 3 heteroatoms. The molecular weight excluding hydrogens is 226 g/mol. The highest BCUT2D eigenvalue weighted by Crippen LogP contribution is 2.07. The maximum atomic E-state index is 9.53. The molecule has 1 atom stereocenters. The maximum Gasteiger partial charge on any atom is 0.0665 e. The molecule has 110 valence electrons. The Morgan fingerprint density at radius 3 is 2.11 bits per heavy atom. The summed E-state index contributed by atoms with van der Waals surface area (Å²) in [6.07, 6.45) is 11.8. The summed E-state index contributed by atoms with van der Waals surface area (Å²) in [6, 6.07) is 0. The van der Waals surface area contributed by atoms with E-state index in [2.05, 4.69) is 12.2 Å². The van der Waals surface area contributed by atoms with Crippen molar-refractivity contribution in [2.75, 3.05) is 19.7 Å². The number of unbranched alkanes of at least 4 members (excludes halogenated alkanes) is 7. The van der Waals surface area contributed by atoms with Gasteiger partial charge in [0.2, 0.25) is 0 Å². The molecule has 0 aliphatic heterocycles. The van der Waals surface area contributed by atoms with Crippen molar-refractivity contribution in [3.63, 3.8) is 0 Å². The van der Waals surface area contributed by atoms with E-state index in [1.54, 1.807) is 0 Å². The van der Waals surface area contributed by atoms with Crippen LogP contribution < -0.4 is 5.32 Å². The van der Waals surface area contributed by atoms with E-state index in [0.717, 1.165) is 6.54 Å². The van der Waals surface area contributed by atoms with E-state index in [0.29, 0.717) is 19.4 Å². The molecule has 0 aromatic rings. The predicted octanol–water partition coefficient (Wildman–Crippen LogP) is 2.85. The second kappa shape index (κ2) is 14.9. The first-order valence-corrected chi connectivity index (χ1v) is 7.81. The molecule has 0 saturated carbocycles. The van der Waals surface area contributed by atoms with E-state index >= 15 is 0 Å². The van der Waals surface area contributed by atoms with Crippen LogP contribution in [0.25, 0.3) is 0 Å². The quantitative estimate of drug-likeness (QED) is 0.420. The van der Waals surface area contributed by atoms with E-state index < -0.39 is 0 Å². The Labute approximate surface area is 113 Å². The van der Waals surface area contributed by atoms with Crippen LogP contribution in [0.15, 0.2) is 0 Å². The van der Waals surface area contributed by atoms with E-state index in [1.807, 2.05) is 0 Å². The molecule has 0 aromatic carbocycles. The minimum Gasteiger partial charge on any atom is -0.396 e. The third-order valence-corrected chi connectivity index (χ3v) is 3.28. The zero-order valence-electron chi connectivity index (χ0n) is 12.2. The van der Waals surface area contributed by atoms with E-state index in [-0.39, 0.29) is 12.7 Å². The molecule has 3 nitrogen and oxygen atoms in total. The fourth-order valence-corrected chi connectivity index (χ4v) is 2.08. The van der Waals surface area contributed by atoms with Crippen LogP contribution >= 0.6 is 0 Å². The molecule has 0 radical (unpaired) electrons. The zero-order valence-corrected chi connectivity index (χ0v) is 12.2. The smallest absolute Gasteiger partial charge is 0.0665 e. The summed E-state index contributed by atoms with van der Waals surface area (Å²) >= 11 is 0. The Morgan fingerprint density at radius 1 is 0.889 bits per heavy atom. The van der Waals surface area contributed by atoms with Crippen LogP contribution in [0.1, 0.15) is 71.1 Å². The van der Waals surface area contributed by atoms with Crippen molar-refractivity contribution in [2.24, 2.45) is 0 Å². The highest BCUT2D eigenvalue weighted by molar-refractivity contribution is 4.59. The summed E-state index contributed by atoms with van der Waals surface area (Å²) in [7, 11) is 0. The summed E-state index contributed by atoms with van der Waals surface area (Å²) in [6.45, 7) is 4.09. The highest BCUT2D eigenvalue weighted by atomic mass is 16.3. The van der Waals surface area contributed by atoms with Crippen molar-refractivity contribution >= 4 is 0 Å². The monoisotopic (exact) mass is 259 g/mol. The van der Waals surface area contributed by atoms with Crippen LogP contribution in [0.5, 0.6) is 0 Å². The fraction of sp³-hybridized carbons (Fsp3) is 1.00. The normalized spacial score (nSPS) is 12.8. The predicted molar refractivity (Wildman–Crippen MR) is 77.8 cm³/mol. The highest BCUT2D eigenvalue weighted by Gasteiger charge is 2.01. The van der Waals surface area contributed by atoms with Crippen LogP contribution in [0.3, 0.4) is 0 Å². The summed E-state index contributed by atoms with van der Waals surface area (Å²) < 4.78 is 0. The lowest BCUT2D eigenvalue weighted by Gasteiger charge is -2.10. The number of hydrogen-bond donors (Lipinski definition) is 3. The van der Waals surface area contributed by atoms with Gasteiger partial charge in [0.15, 0.2) is 0 Å². The van der Waals surface area contributed by atoms with Gasteiger partial charge >= 0.3 is 0 Å². The van der Waals surface area contributed by atoms with Crippen molar-refractivity contribution < 1.29 is 10.2 Å². The fourth-order valence-electron chi connectivity index (χ4n) is 2.08. The van der Waals surface area contributed by atoms with Gasteiger partial charge in [0.05, 0.1) is 6.10 Å². The second-order valence-corrected chi connectivity index (χ2v) is 5.20. The molecule has 0 saturated heterocycles. The van der Waals surface area contributed by atoms with Gasteiger partial charge in [-0.25, -0.2) is 0 Å². The Bertz CT molecular complexity index is 153. The van der Waals surface area contributed by atoms with Crippen molar-refractivity contribution in [1.29, 1.82) is 0 Å². The molecule has 0 spiro atoms. The van der Waals surface area contributed by atoms with Gasteiger partial charge in [-0.3, -0.25) is 0 Å². The first kappa shape index (κ1) is 17.9. The molecule has 0 fully saturated rings. The van der Waals surface area contributed by atoms with E-state index in [9.17, 15) is 5.11 Å². The average molecular weight is 259 g/mol. The number of aliphatic hydroxyl groups is 2. The van der Waals surface area contributed by atoms with Gasteiger partial charge in [0.1, 0.15) is 0 Å². The minimum absolute atomic E-state index is 0.176. The Balaban J connectivity index is 3.02. The number of rotatable bonds is 14. The van der Waals surface area contributed by atoms with Crippen molar-refractivity contribution in [3.8, 4) is 0 Å². The van der Waals surface area contributed by atoms with Crippen molar-refractivity contribution in [3.05, 3.63) is 0 Å². The summed E-state index contributed by atoms with van der Waals surface area (Å²) in [4.78, 5) is 0. The molecule has 0 rings (SSSR count). The summed E-state index contributed by atoms with van der Waals surface area (Å²) in [5, 5.41) is 21.4. The molecule has 18 heavy (non-hydrogen) atoms. The second-order valence-electron chi connectivity index (χ2n) is 5.20. The van der Waals surface area contributed by atoms with Crippen LogP contribution in [-0.2, 0) is 0 Å². The van der Waals surface area contributed by atoms with Crippen LogP contribution in [0.2, 0.25) is 0 Å². The topological polar surface area (TPSA) is 52.5 Å². The van der Waals surface area contributed by atoms with Gasteiger partial charge < -0.3 is 15.5 Å². The largest absolute Gasteiger partial charge is 0.396 e. The van der Waals surface area contributed by atoms with Gasteiger partial charge in [-0.05, 0) is 25.8 Å². The van der Waals surface area contributed by atoms with Crippen LogP contribution in [-0.4, -0.2) is 36.0 Å². The molecule has 0 bridgehead atoms. The minimum atomic E-state index is -0.300. The van der Waals surface area contributed by atoms with Gasteiger partial charge in [-0.2, -0.15) is 0 Å². The summed E-state index contributed by atoms with van der Waals surface area (Å²) in [5.41, 5.74) is 0. The lowest BCUT2D eigenvalue weighted by atomic mass is 10.1. The third-order valence-electron chi connectivity index (χ3n) is 3.28. The van der Waals surface area contributed by atoms with Gasteiger partial charge in [-0.15, -0.1) is 0 Å². The molecular formula is C15H33NO2. The van der Waals surface area contributed by atoms with E-state index in [4.69, 9.17) is 5.11 Å². The summed E-state index contributed by atoms with van der Waals surface area (Å²) in [5.74, 6) is 0. The number of nitrogens with one attached hydrogen (secondary N) is 1. The molecule has 0 heterocycles. The van der Waals surface area contributed by atoms with Gasteiger partial charge in [0.25, 0.3) is 0 Å². The third kappa shape index (κ3) is 13.9. The molecule has 1 unspecified atom stereocenters. The van der Waals surface area contributed by atoms with Gasteiger partial charge in [-0.1, -0.05) is 51.9 Å². The van der Waals surface area contributed by atoms with E-state index in [1.165, 1.54) is 51.4 Å². The van der Waals surface area contributed by atoms with Gasteiger partial charge in [0, 0.05) is 13.2 Å². The average Bonchev–Trinajstić information content (AvgIpc) is 2.38. The molecule has 0 aliphatic carbocycles. The first-order valence-electron chi connectivity index (χ1n) is 7.81. The van der Waals surface area contributed by atoms with Crippen molar-refractivity contribution in [1.82, 2.24) is 5.32 Å². The van der Waals surface area contributed by atoms with Crippen molar-refractivity contribution in [2.45, 2.75) is 77.2 Å². The number of aliphatic hydroxyl groups excluding tert-OH is 2. The Hall–Kier alpha value is -0.120.